The molecule has 0 aromatic heterocycles. The molecule has 0 spiro atoms. The fourth-order valence-corrected chi connectivity index (χ4v) is 0. The minimum absolute atomic E-state index is 0. The van der Waals surface area contributed by atoms with Gasteiger partial charge in [0, 0.05) is 0 Å². The van der Waals surface area contributed by atoms with E-state index in [9.17, 15) is 0 Å². The molecule has 0 saturated carbocycles. The third-order valence-corrected chi connectivity index (χ3v) is 0. The van der Waals surface area contributed by atoms with E-state index in [-0.39, 0.29) is 65.3 Å². The Morgan fingerprint density at radius 2 is 0.500 bits per heavy atom. The van der Waals surface area contributed by atoms with E-state index in [1.54, 1.807) is 0 Å². The second-order valence-electron chi connectivity index (χ2n) is 0. The predicted molar refractivity (Wildman–Crippen MR) is 5.67 cm³/mol. The van der Waals surface area contributed by atoms with Gasteiger partial charge in [0.1, 0.15) is 0 Å². The molecule has 0 aliphatic carbocycles. The molecule has 0 aromatic carbocycles. The van der Waals surface area contributed by atoms with Crippen LogP contribution in [-0.2, 0) is 59.9 Å². The Morgan fingerprint density at radius 3 is 0.500 bits per heavy atom. The van der Waals surface area contributed by atoms with Crippen molar-refractivity contribution in [1.82, 2.24) is 0 Å². The van der Waals surface area contributed by atoms with E-state index >= 15 is 0 Å². The van der Waals surface area contributed by atoms with Crippen LogP contribution in [0.25, 0.3) is 0 Å². The van der Waals surface area contributed by atoms with Gasteiger partial charge in [-0.25, -0.2) is 0 Å². The summed E-state index contributed by atoms with van der Waals surface area (Å²) in [6.07, 6.45) is 0. The van der Waals surface area contributed by atoms with E-state index in [1.807, 2.05) is 0 Å². The van der Waals surface area contributed by atoms with Crippen LogP contribution in [0.5, 0.6) is 0 Å². The summed E-state index contributed by atoms with van der Waals surface area (Å²) in [5.74, 6) is 0. The molecule has 0 bridgehead atoms. The first-order valence-electron chi connectivity index (χ1n) is 0. The van der Waals surface area contributed by atoms with Crippen molar-refractivity contribution in [3.63, 3.8) is 0 Å². The van der Waals surface area contributed by atoms with Crippen LogP contribution in [0.4, 0.5) is 0 Å². The summed E-state index contributed by atoms with van der Waals surface area (Å²) in [4.78, 5) is 0. The minimum Gasteiger partial charge on any atom is -2.00 e. The Hall–Kier alpha value is 1.27. The average Bonchev–Trinajstić information content (AvgIpc) is 0. The Kier molecular flexibility index (Phi) is 3200. The molecule has 0 aliphatic rings. The van der Waals surface area contributed by atoms with Gasteiger partial charge >= 0.3 is 43.4 Å². The van der Waals surface area contributed by atoms with Gasteiger partial charge in [-0.3, -0.25) is 0 Å². The van der Waals surface area contributed by atoms with Gasteiger partial charge in [-0.1, -0.05) is 0 Å². The molecule has 4 nitrogen and oxygen atoms in total. The van der Waals surface area contributed by atoms with Crippen molar-refractivity contribution in [2.75, 3.05) is 0 Å². The Balaban J connectivity index is 0. The summed E-state index contributed by atoms with van der Waals surface area (Å²) in [5, 5.41) is 0. The number of hydrogen-bond donors (Lipinski definition) is 0. The molecule has 0 unspecified atom stereocenters. The topological polar surface area (TPSA) is 117 Å². The van der Waals surface area contributed by atoms with Crippen LogP contribution in [0.2, 0.25) is 0 Å². The maximum Gasteiger partial charge on any atom is 3.00 e. The van der Waals surface area contributed by atoms with Gasteiger partial charge in [0.25, 0.3) is 0 Å². The summed E-state index contributed by atoms with van der Waals surface area (Å²) in [5.41, 5.74) is 0. The SMILES string of the molecule is O.[O-2].[O-2].[O-2].[Ti+3].[Ti+3]. The first kappa shape index (κ1) is 177. The van der Waals surface area contributed by atoms with Crippen molar-refractivity contribution >= 4 is 0 Å². The number of hydrogen-bond acceptors (Lipinski definition) is 0. The van der Waals surface area contributed by atoms with Gasteiger partial charge in [0.2, 0.25) is 0 Å². The summed E-state index contributed by atoms with van der Waals surface area (Å²) in [6, 6.07) is 0. The van der Waals surface area contributed by atoms with Gasteiger partial charge in [-0.15, -0.1) is 0 Å². The summed E-state index contributed by atoms with van der Waals surface area (Å²) < 4.78 is 0. The molecular weight excluding hydrogens is 160 g/mol. The summed E-state index contributed by atoms with van der Waals surface area (Å²) >= 11 is 0. The molecule has 6 heavy (non-hydrogen) atoms. The zero-order valence-corrected chi connectivity index (χ0v) is 5.85. The normalized spacial score (nSPS) is 0. The van der Waals surface area contributed by atoms with Gasteiger partial charge in [-0.2, -0.15) is 0 Å². The van der Waals surface area contributed by atoms with Crippen molar-refractivity contribution in [2.24, 2.45) is 0 Å². The molecule has 0 aliphatic heterocycles. The zero-order chi connectivity index (χ0) is 0. The Labute approximate surface area is 65.3 Å². The van der Waals surface area contributed by atoms with Gasteiger partial charge in [0.05, 0.1) is 0 Å². The summed E-state index contributed by atoms with van der Waals surface area (Å²) in [7, 11) is 0. The third-order valence-electron chi connectivity index (χ3n) is 0. The second-order valence-corrected chi connectivity index (χ2v) is 0. The first-order valence-corrected chi connectivity index (χ1v) is 0. The molecule has 0 aromatic rings. The average molecular weight is 162 g/mol. The van der Waals surface area contributed by atoms with Crippen molar-refractivity contribution in [3.05, 3.63) is 0 Å². The predicted octanol–water partition coefficient (Wildman–Crippen LogP) is -1.19. The van der Waals surface area contributed by atoms with Crippen LogP contribution >= 0.6 is 0 Å². The van der Waals surface area contributed by atoms with Crippen molar-refractivity contribution < 1.29 is 65.3 Å². The third kappa shape index (κ3) is 59.7. The van der Waals surface area contributed by atoms with Crippen LogP contribution in [0.1, 0.15) is 0 Å². The van der Waals surface area contributed by atoms with Crippen molar-refractivity contribution in [1.29, 1.82) is 0 Å². The number of rotatable bonds is 0. The molecule has 6 heteroatoms. The first-order chi connectivity index (χ1) is 0. The molecule has 0 atom stereocenters. The smallest absolute Gasteiger partial charge is 2.00 e. The van der Waals surface area contributed by atoms with Crippen LogP contribution in [0.3, 0.4) is 0 Å². The zero-order valence-electron chi connectivity index (χ0n) is 2.72. The molecule has 0 saturated heterocycles. The van der Waals surface area contributed by atoms with E-state index < -0.39 is 0 Å². The van der Waals surface area contributed by atoms with E-state index in [1.165, 1.54) is 0 Å². The second kappa shape index (κ2) is 108. The van der Waals surface area contributed by atoms with Crippen LogP contribution in [0.15, 0.2) is 0 Å². The van der Waals surface area contributed by atoms with Gasteiger partial charge < -0.3 is 21.9 Å². The summed E-state index contributed by atoms with van der Waals surface area (Å²) in [6.45, 7) is 0. The van der Waals surface area contributed by atoms with Crippen molar-refractivity contribution in [2.45, 2.75) is 0 Å². The molecule has 0 fully saturated rings. The largest absolute Gasteiger partial charge is 3.00 e. The van der Waals surface area contributed by atoms with Gasteiger partial charge in [0.15, 0.2) is 0 Å². The van der Waals surface area contributed by atoms with Crippen LogP contribution in [-0.4, -0.2) is 5.48 Å². The van der Waals surface area contributed by atoms with Crippen molar-refractivity contribution in [3.8, 4) is 0 Å². The molecular formula is H2O4Ti2. The minimum atomic E-state index is 0. The van der Waals surface area contributed by atoms with Gasteiger partial charge in [-0.05, 0) is 0 Å². The van der Waals surface area contributed by atoms with E-state index in [2.05, 4.69) is 0 Å². The molecule has 0 rings (SSSR count). The molecule has 0 amide bonds. The molecule has 0 heterocycles. The standard InChI is InChI=1S/H2O.3O.2Ti/h1H2;;;;;/q;3*-2;2*+3. The maximum atomic E-state index is 0. The maximum absolute atomic E-state index is 0. The molecule has 2 N–H and O–H groups in total. The van der Waals surface area contributed by atoms with E-state index in [0.717, 1.165) is 0 Å². The fourth-order valence-electron chi connectivity index (χ4n) is 0. The van der Waals surface area contributed by atoms with E-state index in [0.29, 0.717) is 0 Å². The quantitative estimate of drug-likeness (QED) is 0.398. The molecule has 2 radical (unpaired) electrons. The Morgan fingerprint density at radius 1 is 0.500 bits per heavy atom. The monoisotopic (exact) mass is 162 g/mol. The van der Waals surface area contributed by atoms with E-state index in [4.69, 9.17) is 0 Å². The van der Waals surface area contributed by atoms with Crippen LogP contribution in [0, 0.1) is 0 Å². The fraction of sp³-hybridized carbons (Fsp3) is 0. The molecule has 34 valence electrons. The van der Waals surface area contributed by atoms with Crippen LogP contribution < -0.4 is 0 Å². The Bertz CT molecular complexity index is 5.51.